The molecule has 1 aliphatic rings. The molecule has 0 saturated carbocycles. The third-order valence-corrected chi connectivity index (χ3v) is 5.35. The highest BCUT2D eigenvalue weighted by Gasteiger charge is 2.27. The molecule has 8 heteroatoms. The molecular formula is C15H22N2O5S. The SMILES string of the molecule is CCOc1ccc(S(=O)(=O)N2CCOCC2)cc1NC(=O)CC. The quantitative estimate of drug-likeness (QED) is 0.846. The van der Waals surface area contributed by atoms with Gasteiger partial charge in [-0.05, 0) is 25.1 Å². The Balaban J connectivity index is 2.34. The van der Waals surface area contributed by atoms with E-state index in [-0.39, 0.29) is 10.8 Å². The molecule has 1 heterocycles. The van der Waals surface area contributed by atoms with E-state index in [4.69, 9.17) is 9.47 Å². The van der Waals surface area contributed by atoms with Gasteiger partial charge in [-0.25, -0.2) is 8.42 Å². The zero-order valence-electron chi connectivity index (χ0n) is 13.4. The van der Waals surface area contributed by atoms with Crippen molar-refractivity contribution in [3.63, 3.8) is 0 Å². The number of nitrogens with one attached hydrogen (secondary N) is 1. The van der Waals surface area contributed by atoms with Crippen molar-refractivity contribution < 1.29 is 22.7 Å². The van der Waals surface area contributed by atoms with Gasteiger partial charge in [-0.2, -0.15) is 4.31 Å². The van der Waals surface area contributed by atoms with Crippen LogP contribution in [0.4, 0.5) is 5.69 Å². The van der Waals surface area contributed by atoms with E-state index in [1.165, 1.54) is 16.4 Å². The van der Waals surface area contributed by atoms with Crippen molar-refractivity contribution in [2.24, 2.45) is 0 Å². The molecule has 23 heavy (non-hydrogen) atoms. The van der Waals surface area contributed by atoms with Crippen molar-refractivity contribution in [2.45, 2.75) is 25.2 Å². The van der Waals surface area contributed by atoms with E-state index in [1.54, 1.807) is 13.0 Å². The number of rotatable bonds is 6. The van der Waals surface area contributed by atoms with Crippen molar-refractivity contribution >= 4 is 21.6 Å². The highest BCUT2D eigenvalue weighted by atomic mass is 32.2. The van der Waals surface area contributed by atoms with Gasteiger partial charge in [0.15, 0.2) is 0 Å². The van der Waals surface area contributed by atoms with Gasteiger partial charge in [0.25, 0.3) is 0 Å². The Labute approximate surface area is 136 Å². The molecule has 128 valence electrons. The van der Waals surface area contributed by atoms with Crippen molar-refractivity contribution in [1.29, 1.82) is 0 Å². The number of benzene rings is 1. The first-order valence-electron chi connectivity index (χ1n) is 7.63. The maximum Gasteiger partial charge on any atom is 0.243 e. The standard InChI is InChI=1S/C15H22N2O5S/c1-3-15(18)16-13-11-12(5-6-14(13)22-4-2)23(19,20)17-7-9-21-10-8-17/h5-6,11H,3-4,7-10H2,1-2H3,(H,16,18). The smallest absolute Gasteiger partial charge is 0.243 e. The van der Waals surface area contributed by atoms with Crippen LogP contribution in [-0.2, 0) is 19.6 Å². The number of ether oxygens (including phenoxy) is 2. The van der Waals surface area contributed by atoms with Crippen LogP contribution in [0.25, 0.3) is 0 Å². The van der Waals surface area contributed by atoms with E-state index < -0.39 is 10.0 Å². The molecule has 7 nitrogen and oxygen atoms in total. The third kappa shape index (κ3) is 4.21. The lowest BCUT2D eigenvalue weighted by atomic mass is 10.3. The van der Waals surface area contributed by atoms with Gasteiger partial charge < -0.3 is 14.8 Å². The van der Waals surface area contributed by atoms with E-state index >= 15 is 0 Å². The lowest BCUT2D eigenvalue weighted by Gasteiger charge is -2.26. The zero-order valence-corrected chi connectivity index (χ0v) is 14.2. The first-order chi connectivity index (χ1) is 11.0. The van der Waals surface area contributed by atoms with Crippen molar-refractivity contribution in [3.05, 3.63) is 18.2 Å². The largest absolute Gasteiger partial charge is 0.492 e. The first-order valence-corrected chi connectivity index (χ1v) is 9.07. The summed E-state index contributed by atoms with van der Waals surface area (Å²) >= 11 is 0. The zero-order chi connectivity index (χ0) is 16.9. The Morgan fingerprint density at radius 2 is 2.00 bits per heavy atom. The van der Waals surface area contributed by atoms with Crippen LogP contribution in [0.15, 0.2) is 23.1 Å². The summed E-state index contributed by atoms with van der Waals surface area (Å²) in [6, 6.07) is 4.52. The number of carbonyl (C=O) groups excluding carboxylic acids is 1. The molecule has 0 spiro atoms. The van der Waals surface area contributed by atoms with E-state index in [9.17, 15) is 13.2 Å². The number of hydrogen-bond acceptors (Lipinski definition) is 5. The minimum Gasteiger partial charge on any atom is -0.492 e. The predicted molar refractivity (Wildman–Crippen MR) is 86.1 cm³/mol. The Morgan fingerprint density at radius 3 is 2.61 bits per heavy atom. The van der Waals surface area contributed by atoms with E-state index in [0.29, 0.717) is 50.8 Å². The second kappa shape index (κ2) is 7.76. The molecule has 0 aromatic heterocycles. The van der Waals surface area contributed by atoms with Crippen LogP contribution in [0, 0.1) is 0 Å². The van der Waals surface area contributed by atoms with Gasteiger partial charge in [-0.15, -0.1) is 0 Å². The van der Waals surface area contributed by atoms with Crippen LogP contribution in [-0.4, -0.2) is 51.5 Å². The van der Waals surface area contributed by atoms with Crippen molar-refractivity contribution in [2.75, 3.05) is 38.2 Å². The molecule has 0 aliphatic carbocycles. The Morgan fingerprint density at radius 1 is 1.30 bits per heavy atom. The molecule has 0 atom stereocenters. The van der Waals surface area contributed by atoms with Crippen molar-refractivity contribution in [1.82, 2.24) is 4.31 Å². The molecule has 1 N–H and O–H groups in total. The fourth-order valence-corrected chi connectivity index (χ4v) is 3.66. The van der Waals surface area contributed by atoms with Gasteiger partial charge in [-0.1, -0.05) is 6.92 Å². The lowest BCUT2D eigenvalue weighted by Crippen LogP contribution is -2.40. The van der Waals surface area contributed by atoms with Gasteiger partial charge in [0.05, 0.1) is 30.4 Å². The fraction of sp³-hybridized carbons (Fsp3) is 0.533. The lowest BCUT2D eigenvalue weighted by molar-refractivity contribution is -0.115. The van der Waals surface area contributed by atoms with E-state index in [0.717, 1.165) is 0 Å². The van der Waals surface area contributed by atoms with E-state index in [1.807, 2.05) is 6.92 Å². The molecule has 1 aliphatic heterocycles. The minimum absolute atomic E-state index is 0.134. The number of sulfonamides is 1. The molecule has 1 fully saturated rings. The highest BCUT2D eigenvalue weighted by Crippen LogP contribution is 2.29. The average Bonchev–Trinajstić information content (AvgIpc) is 2.57. The average molecular weight is 342 g/mol. The maximum atomic E-state index is 12.7. The van der Waals surface area contributed by atoms with Crippen LogP contribution in [0.5, 0.6) is 5.75 Å². The monoisotopic (exact) mass is 342 g/mol. The topological polar surface area (TPSA) is 84.9 Å². The second-order valence-corrected chi connectivity index (χ2v) is 6.95. The third-order valence-electron chi connectivity index (χ3n) is 3.45. The van der Waals surface area contributed by atoms with Gasteiger partial charge >= 0.3 is 0 Å². The number of morpholine rings is 1. The minimum atomic E-state index is -3.61. The summed E-state index contributed by atoms with van der Waals surface area (Å²) in [6.45, 7) is 5.39. The number of hydrogen-bond donors (Lipinski definition) is 1. The number of carbonyl (C=O) groups is 1. The summed E-state index contributed by atoms with van der Waals surface area (Å²) in [7, 11) is -3.61. The molecule has 0 unspecified atom stereocenters. The molecule has 1 aromatic rings. The van der Waals surface area contributed by atoms with Crippen LogP contribution in [0.1, 0.15) is 20.3 Å². The summed E-state index contributed by atoms with van der Waals surface area (Å²) < 4.78 is 37.4. The fourth-order valence-electron chi connectivity index (χ4n) is 2.22. The Kier molecular flexibility index (Phi) is 5.97. The Bertz CT molecular complexity index is 654. The summed E-state index contributed by atoms with van der Waals surface area (Å²) in [6.07, 6.45) is 0.298. The van der Waals surface area contributed by atoms with Crippen LogP contribution < -0.4 is 10.1 Å². The molecule has 0 bridgehead atoms. The van der Waals surface area contributed by atoms with Gasteiger partial charge in [0.1, 0.15) is 5.75 Å². The summed E-state index contributed by atoms with van der Waals surface area (Å²) in [5.74, 6) is 0.252. The normalized spacial score (nSPS) is 16.1. The van der Waals surface area contributed by atoms with Crippen LogP contribution in [0.2, 0.25) is 0 Å². The van der Waals surface area contributed by atoms with Crippen LogP contribution >= 0.6 is 0 Å². The predicted octanol–water partition coefficient (Wildman–Crippen LogP) is 1.45. The number of amides is 1. The Hall–Kier alpha value is -1.64. The van der Waals surface area contributed by atoms with Gasteiger partial charge in [-0.3, -0.25) is 4.79 Å². The molecular weight excluding hydrogens is 320 g/mol. The summed E-state index contributed by atoms with van der Waals surface area (Å²) in [4.78, 5) is 11.8. The maximum absolute atomic E-state index is 12.7. The molecule has 2 rings (SSSR count). The molecule has 1 saturated heterocycles. The van der Waals surface area contributed by atoms with Gasteiger partial charge in [0, 0.05) is 19.5 Å². The van der Waals surface area contributed by atoms with Gasteiger partial charge in [0.2, 0.25) is 15.9 Å². The molecule has 0 radical (unpaired) electrons. The van der Waals surface area contributed by atoms with Crippen molar-refractivity contribution in [3.8, 4) is 5.75 Å². The molecule has 1 aromatic carbocycles. The van der Waals surface area contributed by atoms with E-state index in [2.05, 4.69) is 5.32 Å². The molecule has 1 amide bonds. The van der Waals surface area contributed by atoms with Crippen LogP contribution in [0.3, 0.4) is 0 Å². The summed E-state index contributed by atoms with van der Waals surface area (Å²) in [5, 5.41) is 2.69. The summed E-state index contributed by atoms with van der Waals surface area (Å²) in [5.41, 5.74) is 0.369. The second-order valence-electron chi connectivity index (χ2n) is 5.01. The number of nitrogens with zero attached hydrogens (tertiary/aromatic N) is 1. The highest BCUT2D eigenvalue weighted by molar-refractivity contribution is 7.89. The first kappa shape index (κ1) is 17.7. The number of anilines is 1.